The van der Waals surface area contributed by atoms with Gasteiger partial charge in [-0.1, -0.05) is 58.0 Å². The van der Waals surface area contributed by atoms with Crippen molar-refractivity contribution in [2.45, 2.75) is 76.4 Å². The molecule has 2 saturated heterocycles. The van der Waals surface area contributed by atoms with E-state index in [2.05, 4.69) is 29.1 Å². The number of alkyl carbamates (subject to hydrolysis) is 1. The normalized spacial score (nSPS) is 21.0. The van der Waals surface area contributed by atoms with E-state index in [0.717, 1.165) is 18.4 Å². The summed E-state index contributed by atoms with van der Waals surface area (Å²) in [6, 6.07) is 13.1. The number of hydrogen-bond acceptors (Lipinski definition) is 9. The van der Waals surface area contributed by atoms with E-state index >= 15 is 0 Å². The van der Waals surface area contributed by atoms with Gasteiger partial charge in [-0.2, -0.15) is 4.31 Å². The number of aromatic amines is 1. The molecular formula is C35H48N4O8S. The first-order chi connectivity index (χ1) is 22.9. The third-order valence-electron chi connectivity index (χ3n) is 8.75. The van der Waals surface area contributed by atoms with Crippen LogP contribution >= 0.6 is 0 Å². The van der Waals surface area contributed by atoms with Gasteiger partial charge >= 0.3 is 6.09 Å². The molecule has 13 heteroatoms. The van der Waals surface area contributed by atoms with Gasteiger partial charge in [-0.3, -0.25) is 4.99 Å². The molecule has 2 aliphatic rings. The zero-order chi connectivity index (χ0) is 34.4. The third kappa shape index (κ3) is 8.75. The SMILES string of the molecule is CC(C)CCN=Cc1c(O)[nH]c2ccc(S(=O)(=O)N(CC(C)C)C[C@@H](O)[C@H](Cc3ccccc3)NC(=O)O[C@H]3COC4OCCC43)cc12. The number of aliphatic hydroxyl groups is 1. The molecule has 2 aliphatic heterocycles. The maximum Gasteiger partial charge on any atom is 0.407 e. The topological polar surface area (TPSA) is 163 Å². The quantitative estimate of drug-likeness (QED) is 0.171. The summed E-state index contributed by atoms with van der Waals surface area (Å²) in [7, 11) is -4.13. The molecule has 48 heavy (non-hydrogen) atoms. The summed E-state index contributed by atoms with van der Waals surface area (Å²) >= 11 is 0. The number of aromatic nitrogens is 1. The van der Waals surface area contributed by atoms with Crippen molar-refractivity contribution in [3.63, 3.8) is 0 Å². The number of ether oxygens (including phenoxy) is 3. The summed E-state index contributed by atoms with van der Waals surface area (Å²) in [6.07, 6.45) is 0.572. The number of amides is 1. The number of aliphatic hydroxyl groups excluding tert-OH is 1. The molecule has 2 unspecified atom stereocenters. The van der Waals surface area contributed by atoms with Crippen molar-refractivity contribution in [1.82, 2.24) is 14.6 Å². The van der Waals surface area contributed by atoms with Crippen LogP contribution in [-0.2, 0) is 30.7 Å². The highest BCUT2D eigenvalue weighted by Gasteiger charge is 2.44. The van der Waals surface area contributed by atoms with Gasteiger partial charge in [-0.05, 0) is 54.9 Å². The van der Waals surface area contributed by atoms with Crippen LogP contribution in [0.1, 0.15) is 51.7 Å². The van der Waals surface area contributed by atoms with E-state index < -0.39 is 34.4 Å². The number of H-pyrrole nitrogens is 1. The molecule has 1 amide bonds. The van der Waals surface area contributed by atoms with Crippen molar-refractivity contribution >= 4 is 33.2 Å². The molecule has 12 nitrogen and oxygen atoms in total. The first-order valence-corrected chi connectivity index (χ1v) is 18.1. The summed E-state index contributed by atoms with van der Waals surface area (Å²) in [5.74, 6) is 0.267. The van der Waals surface area contributed by atoms with Gasteiger partial charge in [-0.25, -0.2) is 13.2 Å². The molecule has 0 aliphatic carbocycles. The van der Waals surface area contributed by atoms with Crippen molar-refractivity contribution in [1.29, 1.82) is 0 Å². The highest BCUT2D eigenvalue weighted by Crippen LogP contribution is 2.33. The van der Waals surface area contributed by atoms with Crippen LogP contribution in [0.2, 0.25) is 0 Å². The smallest absolute Gasteiger partial charge is 0.407 e. The van der Waals surface area contributed by atoms with Crippen LogP contribution in [0.15, 0.2) is 58.4 Å². The molecule has 3 aromatic rings. The Kier molecular flexibility index (Phi) is 11.8. The van der Waals surface area contributed by atoms with Gasteiger partial charge in [0.1, 0.15) is 6.10 Å². The standard InChI is InChI=1S/C35H48N4O8S/c1-22(2)12-14-36-18-28-27-17-25(10-11-29(27)37-33(28)41)48(43,44)39(19-23(3)4)20-31(40)30(16-24-8-6-5-7-9-24)38-35(42)47-32-21-46-34-26(32)13-15-45-34/h5-11,17-18,22-23,26,30-32,34,37,40-41H,12-16,19-21H2,1-4H3,(H,38,42)/t26?,30-,31+,32-,34?/m0/s1. The lowest BCUT2D eigenvalue weighted by Gasteiger charge is -2.31. The monoisotopic (exact) mass is 684 g/mol. The first-order valence-electron chi connectivity index (χ1n) is 16.7. The first kappa shape index (κ1) is 35.8. The lowest BCUT2D eigenvalue weighted by atomic mass is 10.0. The van der Waals surface area contributed by atoms with E-state index in [9.17, 15) is 23.4 Å². The van der Waals surface area contributed by atoms with Gasteiger partial charge in [0.2, 0.25) is 10.0 Å². The van der Waals surface area contributed by atoms with Gasteiger partial charge in [0.15, 0.2) is 12.2 Å². The van der Waals surface area contributed by atoms with Gasteiger partial charge in [0.05, 0.1) is 41.7 Å². The lowest BCUT2D eigenvalue weighted by molar-refractivity contribution is -0.0907. The summed E-state index contributed by atoms with van der Waals surface area (Å²) in [6.45, 7) is 9.20. The fourth-order valence-electron chi connectivity index (χ4n) is 6.14. The fourth-order valence-corrected chi connectivity index (χ4v) is 7.79. The zero-order valence-corrected chi connectivity index (χ0v) is 28.9. The second kappa shape index (κ2) is 15.8. The molecule has 0 spiro atoms. The Morgan fingerprint density at radius 3 is 2.62 bits per heavy atom. The number of carbonyl (C=O) groups excluding carboxylic acids is 1. The average Bonchev–Trinajstić information content (AvgIpc) is 3.74. The van der Waals surface area contributed by atoms with E-state index in [1.165, 1.54) is 16.4 Å². The van der Waals surface area contributed by atoms with Crippen LogP contribution in [0.4, 0.5) is 4.79 Å². The van der Waals surface area contributed by atoms with E-state index in [1.807, 2.05) is 44.2 Å². The predicted molar refractivity (Wildman–Crippen MR) is 183 cm³/mol. The van der Waals surface area contributed by atoms with E-state index in [1.54, 1.807) is 12.3 Å². The number of aliphatic imine (C=N–C) groups is 1. The molecule has 1 aromatic heterocycles. The van der Waals surface area contributed by atoms with Crippen LogP contribution in [0.5, 0.6) is 5.88 Å². The van der Waals surface area contributed by atoms with Crippen molar-refractivity contribution < 1.29 is 37.6 Å². The number of hydrogen-bond donors (Lipinski definition) is 4. The average molecular weight is 685 g/mol. The molecule has 262 valence electrons. The largest absolute Gasteiger partial charge is 0.494 e. The second-order valence-corrected chi connectivity index (χ2v) is 15.4. The maximum atomic E-state index is 14.2. The third-order valence-corrected chi connectivity index (χ3v) is 10.6. The lowest BCUT2D eigenvalue weighted by Crippen LogP contribution is -2.51. The molecule has 0 saturated carbocycles. The predicted octanol–water partition coefficient (Wildman–Crippen LogP) is 4.45. The molecule has 0 bridgehead atoms. The number of carbonyl (C=O) groups is 1. The highest BCUT2D eigenvalue weighted by molar-refractivity contribution is 7.89. The number of nitrogens with zero attached hydrogens (tertiary/aromatic N) is 2. The van der Waals surface area contributed by atoms with E-state index in [0.29, 0.717) is 35.5 Å². The van der Waals surface area contributed by atoms with Crippen LogP contribution in [0, 0.1) is 17.8 Å². The van der Waals surface area contributed by atoms with Crippen molar-refractivity contribution in [3.05, 3.63) is 59.7 Å². The number of sulfonamides is 1. The number of fused-ring (bicyclic) bond motifs is 2. The second-order valence-electron chi connectivity index (χ2n) is 13.5. The Bertz CT molecular complexity index is 1660. The van der Waals surface area contributed by atoms with Crippen molar-refractivity contribution in [3.8, 4) is 5.88 Å². The Labute approximate surface area is 282 Å². The molecule has 5 atom stereocenters. The fraction of sp³-hybridized carbons (Fsp3) is 0.543. The minimum Gasteiger partial charge on any atom is -0.494 e. The maximum absolute atomic E-state index is 14.2. The Balaban J connectivity index is 1.37. The van der Waals surface area contributed by atoms with Crippen LogP contribution in [-0.4, -0.2) is 97.6 Å². The number of nitrogens with one attached hydrogen (secondary N) is 2. The summed E-state index contributed by atoms with van der Waals surface area (Å²) in [5.41, 5.74) is 1.84. The zero-order valence-electron chi connectivity index (χ0n) is 28.0. The van der Waals surface area contributed by atoms with E-state index in [4.69, 9.17) is 14.2 Å². The van der Waals surface area contributed by atoms with E-state index in [-0.39, 0.29) is 55.0 Å². The van der Waals surface area contributed by atoms with Crippen molar-refractivity contribution in [2.24, 2.45) is 22.7 Å². The summed E-state index contributed by atoms with van der Waals surface area (Å²) in [5, 5.41) is 25.5. The molecule has 2 aromatic carbocycles. The molecule has 0 radical (unpaired) electrons. The molecule has 5 rings (SSSR count). The number of benzene rings is 2. The van der Waals surface area contributed by atoms with Crippen LogP contribution in [0.25, 0.3) is 10.9 Å². The Morgan fingerprint density at radius 2 is 1.90 bits per heavy atom. The van der Waals surface area contributed by atoms with Gasteiger partial charge in [0.25, 0.3) is 0 Å². The Morgan fingerprint density at radius 1 is 1.12 bits per heavy atom. The number of aromatic hydroxyl groups is 1. The molecule has 3 heterocycles. The van der Waals surface area contributed by atoms with Crippen LogP contribution in [0.3, 0.4) is 0 Å². The van der Waals surface area contributed by atoms with Crippen LogP contribution < -0.4 is 5.32 Å². The highest BCUT2D eigenvalue weighted by atomic mass is 32.2. The summed E-state index contributed by atoms with van der Waals surface area (Å²) in [4.78, 5) is 20.5. The molecule has 4 N–H and O–H groups in total. The van der Waals surface area contributed by atoms with Gasteiger partial charge in [0, 0.05) is 36.8 Å². The molecular weight excluding hydrogens is 636 g/mol. The minimum atomic E-state index is -4.13. The molecule has 2 fully saturated rings. The Hall–Kier alpha value is -3.49. The van der Waals surface area contributed by atoms with Crippen molar-refractivity contribution in [2.75, 3.05) is 32.8 Å². The van der Waals surface area contributed by atoms with Gasteiger partial charge < -0.3 is 34.7 Å². The minimum absolute atomic E-state index is 0.0141. The summed E-state index contributed by atoms with van der Waals surface area (Å²) < 4.78 is 46.5. The van der Waals surface area contributed by atoms with Gasteiger partial charge in [-0.15, -0.1) is 0 Å². The number of rotatable bonds is 15.